The van der Waals surface area contributed by atoms with E-state index >= 15 is 0 Å². The molecule has 1 aromatic carbocycles. The molecule has 0 radical (unpaired) electrons. The molecule has 3 rings (SSSR count). The van der Waals surface area contributed by atoms with E-state index in [1.54, 1.807) is 6.20 Å². The lowest BCUT2D eigenvalue weighted by atomic mass is 10.1. The minimum atomic E-state index is 0.765. The van der Waals surface area contributed by atoms with E-state index < -0.39 is 0 Å². The molecule has 0 aliphatic carbocycles. The fourth-order valence-electron chi connectivity index (χ4n) is 1.86. The monoisotopic (exact) mass is 209 g/mol. The number of aromatic nitrogens is 3. The van der Waals surface area contributed by atoms with Gasteiger partial charge in [-0.25, -0.2) is 0 Å². The van der Waals surface area contributed by atoms with Crippen molar-refractivity contribution >= 4 is 10.9 Å². The number of fused-ring (bicyclic) bond motifs is 1. The Morgan fingerprint density at radius 1 is 1.00 bits per heavy atom. The zero-order valence-electron chi connectivity index (χ0n) is 8.74. The highest BCUT2D eigenvalue weighted by molar-refractivity contribution is 5.81. The largest absolute Gasteiger partial charge is 0.268 e. The lowest BCUT2D eigenvalue weighted by molar-refractivity contribution is 0.689. The Kier molecular flexibility index (Phi) is 2.14. The van der Waals surface area contributed by atoms with E-state index in [4.69, 9.17) is 0 Å². The van der Waals surface area contributed by atoms with Gasteiger partial charge in [0.05, 0.1) is 12.1 Å². The van der Waals surface area contributed by atoms with Crippen molar-refractivity contribution in [2.45, 2.75) is 6.54 Å². The van der Waals surface area contributed by atoms with Crippen molar-refractivity contribution in [3.8, 4) is 0 Å². The lowest BCUT2D eigenvalue weighted by Crippen LogP contribution is -2.00. The summed E-state index contributed by atoms with van der Waals surface area (Å²) in [7, 11) is 0. The van der Waals surface area contributed by atoms with Crippen LogP contribution in [0.25, 0.3) is 10.9 Å². The van der Waals surface area contributed by atoms with Crippen LogP contribution < -0.4 is 0 Å². The van der Waals surface area contributed by atoms with E-state index in [1.165, 1.54) is 10.9 Å². The maximum Gasteiger partial charge on any atom is 0.0752 e. The molecule has 0 N–H and O–H groups in total. The number of nitrogens with zero attached hydrogens (tertiary/aromatic N) is 3. The van der Waals surface area contributed by atoms with Gasteiger partial charge in [0.15, 0.2) is 0 Å². The van der Waals surface area contributed by atoms with E-state index in [0.29, 0.717) is 0 Å². The van der Waals surface area contributed by atoms with Crippen LogP contribution in [0.4, 0.5) is 0 Å². The molecule has 0 unspecified atom stereocenters. The highest BCUT2D eigenvalue weighted by Gasteiger charge is 2.01. The van der Waals surface area contributed by atoms with Crippen LogP contribution in [0.3, 0.4) is 0 Å². The van der Waals surface area contributed by atoms with Gasteiger partial charge in [-0.15, -0.1) is 0 Å². The van der Waals surface area contributed by atoms with E-state index in [9.17, 15) is 0 Å². The number of hydrogen-bond donors (Lipinski definition) is 0. The zero-order valence-corrected chi connectivity index (χ0v) is 8.74. The van der Waals surface area contributed by atoms with E-state index in [-0.39, 0.29) is 0 Å². The number of para-hydroxylation sites is 1. The van der Waals surface area contributed by atoms with Gasteiger partial charge in [-0.2, -0.15) is 5.10 Å². The SMILES string of the molecule is c1cnc2c(Cn3cccn3)cccc2c1. The molecule has 0 saturated carbocycles. The van der Waals surface area contributed by atoms with E-state index in [2.05, 4.69) is 34.3 Å². The van der Waals surface area contributed by atoms with Gasteiger partial charge in [-0.3, -0.25) is 9.67 Å². The maximum absolute atomic E-state index is 4.42. The second-order valence-electron chi connectivity index (χ2n) is 3.70. The summed E-state index contributed by atoms with van der Waals surface area (Å²) in [5.41, 5.74) is 2.25. The number of hydrogen-bond acceptors (Lipinski definition) is 2. The molecular weight excluding hydrogens is 198 g/mol. The average Bonchev–Trinajstić information content (AvgIpc) is 2.82. The van der Waals surface area contributed by atoms with Gasteiger partial charge in [0.1, 0.15) is 0 Å². The van der Waals surface area contributed by atoms with E-state index in [1.807, 2.05) is 29.2 Å². The molecule has 0 spiro atoms. The molecule has 16 heavy (non-hydrogen) atoms. The second kappa shape index (κ2) is 3.77. The fourth-order valence-corrected chi connectivity index (χ4v) is 1.86. The molecule has 0 aliphatic rings. The minimum absolute atomic E-state index is 0.765. The molecule has 0 saturated heterocycles. The molecule has 3 aromatic rings. The summed E-state index contributed by atoms with van der Waals surface area (Å²) in [5, 5.41) is 5.38. The molecule has 3 heteroatoms. The predicted octanol–water partition coefficient (Wildman–Crippen LogP) is 2.48. The first kappa shape index (κ1) is 9.09. The number of benzene rings is 1. The van der Waals surface area contributed by atoms with Crippen molar-refractivity contribution in [1.82, 2.24) is 14.8 Å². The van der Waals surface area contributed by atoms with Crippen molar-refractivity contribution in [1.29, 1.82) is 0 Å². The zero-order chi connectivity index (χ0) is 10.8. The first-order valence-electron chi connectivity index (χ1n) is 5.23. The molecule has 0 aliphatic heterocycles. The predicted molar refractivity (Wildman–Crippen MR) is 63.1 cm³/mol. The summed E-state index contributed by atoms with van der Waals surface area (Å²) >= 11 is 0. The van der Waals surface area contributed by atoms with Crippen LogP contribution in [0.15, 0.2) is 55.0 Å². The Hall–Kier alpha value is -2.16. The summed E-state index contributed by atoms with van der Waals surface area (Å²) in [6.07, 6.45) is 5.58. The number of rotatable bonds is 2. The van der Waals surface area contributed by atoms with Crippen molar-refractivity contribution in [3.05, 3.63) is 60.6 Å². The molecular formula is C13H11N3. The first-order chi connectivity index (χ1) is 7.93. The Labute approximate surface area is 93.4 Å². The summed E-state index contributed by atoms with van der Waals surface area (Å²) in [6.45, 7) is 0.765. The fraction of sp³-hybridized carbons (Fsp3) is 0.0769. The highest BCUT2D eigenvalue weighted by atomic mass is 15.3. The topological polar surface area (TPSA) is 30.7 Å². The number of pyridine rings is 1. The highest BCUT2D eigenvalue weighted by Crippen LogP contribution is 2.16. The first-order valence-corrected chi connectivity index (χ1v) is 5.23. The Bertz CT molecular complexity index is 594. The van der Waals surface area contributed by atoms with Crippen LogP contribution >= 0.6 is 0 Å². The standard InChI is InChI=1S/C13H11N3/c1-4-11-6-2-7-14-13(11)12(5-1)10-16-9-3-8-15-16/h1-9H,10H2. The van der Waals surface area contributed by atoms with Crippen molar-refractivity contribution < 1.29 is 0 Å². The third kappa shape index (κ3) is 1.56. The Balaban J connectivity index is 2.10. The van der Waals surface area contributed by atoms with Crippen LogP contribution in [0.2, 0.25) is 0 Å². The smallest absolute Gasteiger partial charge is 0.0752 e. The normalized spacial score (nSPS) is 10.8. The van der Waals surface area contributed by atoms with Crippen LogP contribution in [0.5, 0.6) is 0 Å². The van der Waals surface area contributed by atoms with E-state index in [0.717, 1.165) is 12.1 Å². The molecule has 3 nitrogen and oxygen atoms in total. The Morgan fingerprint density at radius 2 is 1.94 bits per heavy atom. The summed E-state index contributed by atoms with van der Waals surface area (Å²) in [5.74, 6) is 0. The van der Waals surface area contributed by atoms with Crippen LogP contribution in [-0.2, 0) is 6.54 Å². The molecule has 0 bridgehead atoms. The van der Waals surface area contributed by atoms with Gasteiger partial charge in [-0.1, -0.05) is 24.3 Å². The van der Waals surface area contributed by atoms with Gasteiger partial charge in [-0.05, 0) is 17.7 Å². The lowest BCUT2D eigenvalue weighted by Gasteiger charge is -2.05. The van der Waals surface area contributed by atoms with Crippen LogP contribution in [0.1, 0.15) is 5.56 Å². The maximum atomic E-state index is 4.42. The molecule has 2 heterocycles. The van der Waals surface area contributed by atoms with Gasteiger partial charge < -0.3 is 0 Å². The quantitative estimate of drug-likeness (QED) is 0.649. The molecule has 0 amide bonds. The molecule has 2 aromatic heterocycles. The molecule has 78 valence electrons. The second-order valence-corrected chi connectivity index (χ2v) is 3.70. The summed E-state index contributed by atoms with van der Waals surface area (Å²) in [4.78, 5) is 4.42. The van der Waals surface area contributed by atoms with Crippen LogP contribution in [0, 0.1) is 0 Å². The van der Waals surface area contributed by atoms with Gasteiger partial charge in [0.2, 0.25) is 0 Å². The molecule has 0 fully saturated rings. The van der Waals surface area contributed by atoms with Gasteiger partial charge in [0, 0.05) is 24.0 Å². The third-order valence-electron chi connectivity index (χ3n) is 2.61. The van der Waals surface area contributed by atoms with Crippen molar-refractivity contribution in [2.24, 2.45) is 0 Å². The van der Waals surface area contributed by atoms with Gasteiger partial charge in [0.25, 0.3) is 0 Å². The Morgan fingerprint density at radius 3 is 2.81 bits per heavy atom. The minimum Gasteiger partial charge on any atom is -0.268 e. The van der Waals surface area contributed by atoms with Gasteiger partial charge >= 0.3 is 0 Å². The molecule has 0 atom stereocenters. The summed E-state index contributed by atoms with van der Waals surface area (Å²) < 4.78 is 1.91. The third-order valence-corrected chi connectivity index (χ3v) is 2.61. The average molecular weight is 209 g/mol. The van der Waals surface area contributed by atoms with Crippen molar-refractivity contribution in [3.63, 3.8) is 0 Å². The van der Waals surface area contributed by atoms with Crippen molar-refractivity contribution in [2.75, 3.05) is 0 Å². The summed E-state index contributed by atoms with van der Waals surface area (Å²) in [6, 6.07) is 12.2. The van der Waals surface area contributed by atoms with Crippen LogP contribution in [-0.4, -0.2) is 14.8 Å².